The Morgan fingerprint density at radius 3 is 2.48 bits per heavy atom. The van der Waals surface area contributed by atoms with E-state index in [4.69, 9.17) is 11.6 Å². The van der Waals surface area contributed by atoms with Gasteiger partial charge in [-0.05, 0) is 18.1 Å². The Labute approximate surface area is 131 Å². The number of amides is 1. The van der Waals surface area contributed by atoms with Crippen LogP contribution in [0.25, 0.3) is 0 Å². The predicted octanol–water partition coefficient (Wildman–Crippen LogP) is 2.12. The summed E-state index contributed by atoms with van der Waals surface area (Å²) in [6, 6.07) is 6.25. The Bertz CT molecular complexity index is 588. The lowest BCUT2D eigenvalue weighted by Crippen LogP contribution is -2.39. The van der Waals surface area contributed by atoms with Gasteiger partial charge in [0.15, 0.2) is 0 Å². The van der Waals surface area contributed by atoms with E-state index in [2.05, 4.69) is 4.72 Å². The van der Waals surface area contributed by atoms with Crippen LogP contribution in [0.2, 0.25) is 5.02 Å². The molecule has 0 atom stereocenters. The number of rotatable bonds is 7. The first-order valence-electron chi connectivity index (χ1n) is 6.73. The molecule has 0 unspecified atom stereocenters. The summed E-state index contributed by atoms with van der Waals surface area (Å²) < 4.78 is 26.7. The highest BCUT2D eigenvalue weighted by Crippen LogP contribution is 2.19. The van der Waals surface area contributed by atoms with Gasteiger partial charge in [-0.1, -0.05) is 37.6 Å². The van der Waals surface area contributed by atoms with Gasteiger partial charge in [-0.3, -0.25) is 4.79 Å². The third-order valence-corrected chi connectivity index (χ3v) is 4.79. The zero-order valence-corrected chi connectivity index (χ0v) is 14.0. The Morgan fingerprint density at radius 2 is 1.95 bits per heavy atom. The summed E-state index contributed by atoms with van der Waals surface area (Å²) in [4.78, 5) is 13.2. The molecule has 0 bridgehead atoms. The van der Waals surface area contributed by atoms with E-state index in [1.165, 1.54) is 19.1 Å². The largest absolute Gasteiger partial charge is 0.341 e. The van der Waals surface area contributed by atoms with Crippen molar-refractivity contribution in [3.8, 4) is 0 Å². The summed E-state index contributed by atoms with van der Waals surface area (Å²) >= 11 is 5.89. The summed E-state index contributed by atoms with van der Waals surface area (Å²) in [5.74, 6) is 0.259. The molecule has 0 heterocycles. The standard InChI is InChI=1S/C14H21ClN2O3S/c1-11(2)10-17(12(3)18)9-8-16-21(19,20)14-7-5-4-6-13(14)15/h4-7,11,16H,8-10H2,1-3H3. The van der Waals surface area contributed by atoms with Crippen molar-refractivity contribution in [3.05, 3.63) is 29.3 Å². The van der Waals surface area contributed by atoms with Gasteiger partial charge in [-0.15, -0.1) is 0 Å². The number of halogens is 1. The number of benzene rings is 1. The quantitative estimate of drug-likeness (QED) is 0.831. The number of nitrogens with one attached hydrogen (secondary N) is 1. The van der Waals surface area contributed by atoms with E-state index in [0.717, 1.165) is 0 Å². The van der Waals surface area contributed by atoms with Crippen LogP contribution >= 0.6 is 11.6 Å². The van der Waals surface area contributed by atoms with Crippen LogP contribution in [-0.2, 0) is 14.8 Å². The van der Waals surface area contributed by atoms with Crippen LogP contribution in [0.1, 0.15) is 20.8 Å². The van der Waals surface area contributed by atoms with Crippen molar-refractivity contribution in [2.75, 3.05) is 19.6 Å². The minimum atomic E-state index is -3.66. The second-order valence-electron chi connectivity index (χ2n) is 5.19. The van der Waals surface area contributed by atoms with Crippen LogP contribution in [0.5, 0.6) is 0 Å². The van der Waals surface area contributed by atoms with Gasteiger partial charge >= 0.3 is 0 Å². The molecule has 1 aromatic rings. The SMILES string of the molecule is CC(=O)N(CCNS(=O)(=O)c1ccccc1Cl)CC(C)C. The van der Waals surface area contributed by atoms with Crippen molar-refractivity contribution < 1.29 is 13.2 Å². The van der Waals surface area contributed by atoms with Crippen molar-refractivity contribution in [1.82, 2.24) is 9.62 Å². The predicted molar refractivity (Wildman–Crippen MR) is 83.7 cm³/mol. The topological polar surface area (TPSA) is 66.5 Å². The van der Waals surface area contributed by atoms with Crippen molar-refractivity contribution in [1.29, 1.82) is 0 Å². The molecular formula is C14H21ClN2O3S. The maximum absolute atomic E-state index is 12.1. The lowest BCUT2D eigenvalue weighted by atomic mass is 10.2. The van der Waals surface area contributed by atoms with Crippen LogP contribution in [0.15, 0.2) is 29.2 Å². The molecule has 0 saturated carbocycles. The van der Waals surface area contributed by atoms with Crippen LogP contribution in [0.3, 0.4) is 0 Å². The van der Waals surface area contributed by atoms with E-state index in [0.29, 0.717) is 19.0 Å². The molecule has 0 saturated heterocycles. The fraction of sp³-hybridized carbons (Fsp3) is 0.500. The van der Waals surface area contributed by atoms with E-state index in [-0.39, 0.29) is 22.4 Å². The maximum atomic E-state index is 12.1. The Morgan fingerprint density at radius 1 is 1.33 bits per heavy atom. The van der Waals surface area contributed by atoms with Crippen molar-refractivity contribution in [3.63, 3.8) is 0 Å². The lowest BCUT2D eigenvalue weighted by Gasteiger charge is -2.23. The second-order valence-corrected chi connectivity index (χ2v) is 7.33. The molecule has 0 aromatic heterocycles. The van der Waals surface area contributed by atoms with Gasteiger partial charge in [0.25, 0.3) is 0 Å². The zero-order chi connectivity index (χ0) is 16.0. The van der Waals surface area contributed by atoms with Gasteiger partial charge < -0.3 is 4.90 Å². The number of hydrogen-bond acceptors (Lipinski definition) is 3. The summed E-state index contributed by atoms with van der Waals surface area (Å²) in [6.45, 7) is 6.57. The fourth-order valence-corrected chi connectivity index (χ4v) is 3.41. The minimum Gasteiger partial charge on any atom is -0.341 e. The number of carbonyl (C=O) groups is 1. The molecule has 1 aromatic carbocycles. The van der Waals surface area contributed by atoms with Gasteiger partial charge in [0.05, 0.1) is 5.02 Å². The van der Waals surface area contributed by atoms with Gasteiger partial charge in [-0.25, -0.2) is 13.1 Å². The third-order valence-electron chi connectivity index (χ3n) is 2.83. The Hall–Kier alpha value is -1.11. The highest BCUT2D eigenvalue weighted by molar-refractivity contribution is 7.89. The van der Waals surface area contributed by atoms with E-state index in [1.807, 2.05) is 13.8 Å². The van der Waals surface area contributed by atoms with Gasteiger partial charge in [0.2, 0.25) is 15.9 Å². The molecule has 118 valence electrons. The van der Waals surface area contributed by atoms with E-state index < -0.39 is 10.0 Å². The molecule has 7 heteroatoms. The molecule has 21 heavy (non-hydrogen) atoms. The molecule has 0 radical (unpaired) electrons. The summed E-state index contributed by atoms with van der Waals surface area (Å²) in [7, 11) is -3.66. The molecule has 5 nitrogen and oxygen atoms in total. The van der Waals surface area contributed by atoms with Crippen LogP contribution in [-0.4, -0.2) is 38.9 Å². The molecule has 1 rings (SSSR count). The molecular weight excluding hydrogens is 312 g/mol. The molecule has 1 N–H and O–H groups in total. The lowest BCUT2D eigenvalue weighted by molar-refractivity contribution is -0.129. The summed E-state index contributed by atoms with van der Waals surface area (Å²) in [6.07, 6.45) is 0. The number of carbonyl (C=O) groups excluding carboxylic acids is 1. The van der Waals surface area contributed by atoms with Crippen LogP contribution in [0, 0.1) is 5.92 Å². The first kappa shape index (κ1) is 17.9. The highest BCUT2D eigenvalue weighted by Gasteiger charge is 2.18. The van der Waals surface area contributed by atoms with Gasteiger partial charge in [0.1, 0.15) is 4.90 Å². The monoisotopic (exact) mass is 332 g/mol. The molecule has 0 spiro atoms. The molecule has 1 amide bonds. The van der Waals surface area contributed by atoms with Crippen LogP contribution in [0.4, 0.5) is 0 Å². The Kier molecular flexibility index (Phi) is 6.64. The minimum absolute atomic E-state index is 0.0462. The van der Waals surface area contributed by atoms with Crippen molar-refractivity contribution in [2.24, 2.45) is 5.92 Å². The Balaban J connectivity index is 2.66. The first-order chi connectivity index (χ1) is 9.74. The smallest absolute Gasteiger partial charge is 0.242 e. The first-order valence-corrected chi connectivity index (χ1v) is 8.60. The second kappa shape index (κ2) is 7.77. The fourth-order valence-electron chi connectivity index (χ4n) is 1.87. The summed E-state index contributed by atoms with van der Waals surface area (Å²) in [5.41, 5.74) is 0. The van der Waals surface area contributed by atoms with Gasteiger partial charge in [0, 0.05) is 26.6 Å². The molecule has 0 aliphatic rings. The highest BCUT2D eigenvalue weighted by atomic mass is 35.5. The summed E-state index contributed by atoms with van der Waals surface area (Å²) in [5, 5.41) is 0.176. The zero-order valence-electron chi connectivity index (χ0n) is 12.5. The molecule has 0 aliphatic carbocycles. The third kappa shape index (κ3) is 5.65. The van der Waals surface area contributed by atoms with Crippen molar-refractivity contribution >= 4 is 27.5 Å². The van der Waals surface area contributed by atoms with E-state index in [1.54, 1.807) is 17.0 Å². The van der Waals surface area contributed by atoms with Crippen LogP contribution < -0.4 is 4.72 Å². The average molecular weight is 333 g/mol. The molecule has 0 aliphatic heterocycles. The average Bonchev–Trinajstić information content (AvgIpc) is 2.37. The van der Waals surface area contributed by atoms with Crippen molar-refractivity contribution in [2.45, 2.75) is 25.7 Å². The van der Waals surface area contributed by atoms with Gasteiger partial charge in [-0.2, -0.15) is 0 Å². The number of nitrogens with zero attached hydrogens (tertiary/aromatic N) is 1. The van der Waals surface area contributed by atoms with E-state index in [9.17, 15) is 13.2 Å². The van der Waals surface area contributed by atoms with E-state index >= 15 is 0 Å². The number of hydrogen-bond donors (Lipinski definition) is 1. The number of sulfonamides is 1. The molecule has 0 fully saturated rings. The maximum Gasteiger partial charge on any atom is 0.242 e. The normalized spacial score (nSPS) is 11.7.